The van der Waals surface area contributed by atoms with Crippen LogP contribution in [0.4, 0.5) is 0 Å². The maximum atomic E-state index is 2.12. The molecule has 0 aliphatic carbocycles. The third-order valence-corrected chi connectivity index (χ3v) is 0.333. The van der Waals surface area contributed by atoms with Gasteiger partial charge in [0.2, 0.25) is 0 Å². The molecule has 0 aromatic heterocycles. The molecule has 0 aliphatic heterocycles. The molecule has 0 atom stereocenters. The zero-order chi connectivity index (χ0) is 8.83. The van der Waals surface area contributed by atoms with Crippen molar-refractivity contribution in [2.45, 2.75) is 54.4 Å². The molecule has 0 N–H and O–H groups in total. The molecule has 0 fully saturated rings. The minimum atomic E-state index is 1.25. The molecule has 0 aromatic carbocycles. The number of hydrogen-bond acceptors (Lipinski definition) is 0. The average molecular weight is 144 g/mol. The fraction of sp³-hybridized carbons (Fsp3) is 0.800. The lowest BCUT2D eigenvalue weighted by Gasteiger charge is -1.49. The van der Waals surface area contributed by atoms with Crippen molar-refractivity contribution in [2.75, 3.05) is 0 Å². The van der Waals surface area contributed by atoms with Gasteiger partial charge in [-0.25, -0.2) is 0 Å². The Kier molecular flexibility index (Phi) is 61.3. The Morgan fingerprint density at radius 3 is 0.800 bits per heavy atom. The molecule has 0 saturated heterocycles. The molecule has 0 amide bonds. The molecule has 0 nitrogen and oxygen atoms in total. The van der Waals surface area contributed by atoms with Gasteiger partial charge in [-0.3, -0.25) is 0 Å². The van der Waals surface area contributed by atoms with Crippen LogP contribution < -0.4 is 0 Å². The molecule has 64 valence electrons. The summed E-state index contributed by atoms with van der Waals surface area (Å²) in [5.74, 6) is 0. The van der Waals surface area contributed by atoms with Gasteiger partial charge in [0.15, 0.2) is 0 Å². The highest BCUT2D eigenvalue weighted by Crippen LogP contribution is 1.57. The fourth-order valence-corrected chi connectivity index (χ4v) is 0. The van der Waals surface area contributed by atoms with E-state index in [0.717, 1.165) is 0 Å². The highest BCUT2D eigenvalue weighted by Gasteiger charge is 1.36. The van der Waals surface area contributed by atoms with Crippen molar-refractivity contribution in [2.24, 2.45) is 0 Å². The molecule has 0 saturated carbocycles. The minimum absolute atomic E-state index is 1.25. The summed E-state index contributed by atoms with van der Waals surface area (Å²) >= 11 is 0. The van der Waals surface area contributed by atoms with Gasteiger partial charge < -0.3 is 0 Å². The van der Waals surface area contributed by atoms with E-state index in [1.165, 1.54) is 12.8 Å². The second-order valence-corrected chi connectivity index (χ2v) is 2.08. The Labute approximate surface area is 67.3 Å². The topological polar surface area (TPSA) is 0 Å². The summed E-state index contributed by atoms with van der Waals surface area (Å²) in [5.41, 5.74) is 0. The normalized spacial score (nSPS) is 7.40. The quantitative estimate of drug-likeness (QED) is 0.442. The first kappa shape index (κ1) is 16.4. The standard InChI is InChI=1S/C4H8.2C3H8/c1-3-4-2;2*1-3-2/h3-4H,1-2H3;2*3H2,1-2H3/b4-3-;;. The Morgan fingerprint density at radius 2 is 0.800 bits per heavy atom. The molecule has 0 spiro atoms. The zero-order valence-corrected chi connectivity index (χ0v) is 8.57. The van der Waals surface area contributed by atoms with Crippen molar-refractivity contribution in [1.82, 2.24) is 0 Å². The maximum absolute atomic E-state index is 2.12. The van der Waals surface area contributed by atoms with Crippen molar-refractivity contribution >= 4 is 0 Å². The van der Waals surface area contributed by atoms with Crippen molar-refractivity contribution in [3.8, 4) is 0 Å². The Balaban J connectivity index is -0.0000000750. The van der Waals surface area contributed by atoms with Gasteiger partial charge in [-0.2, -0.15) is 0 Å². The molecule has 0 radical (unpaired) electrons. The Bertz CT molecular complexity index is 29.3. The average Bonchev–Trinajstić information content (AvgIpc) is 1.91. The Hall–Kier alpha value is -0.260. The van der Waals surface area contributed by atoms with E-state index in [1.54, 1.807) is 0 Å². The summed E-state index contributed by atoms with van der Waals surface area (Å²) in [6, 6.07) is 0. The summed E-state index contributed by atoms with van der Waals surface area (Å²) in [7, 11) is 0. The van der Waals surface area contributed by atoms with Crippen LogP contribution in [0.2, 0.25) is 0 Å². The lowest BCUT2D eigenvalue weighted by Crippen LogP contribution is -1.27. The lowest BCUT2D eigenvalue weighted by molar-refractivity contribution is 1.09. The Morgan fingerprint density at radius 1 is 0.700 bits per heavy atom. The van der Waals surface area contributed by atoms with Crippen LogP contribution in [0.3, 0.4) is 0 Å². The van der Waals surface area contributed by atoms with Gasteiger partial charge >= 0.3 is 0 Å². The highest BCUT2D eigenvalue weighted by molar-refractivity contribution is 4.68. The van der Waals surface area contributed by atoms with Crippen LogP contribution in [0.5, 0.6) is 0 Å². The second-order valence-electron chi connectivity index (χ2n) is 2.08. The molecule has 0 aromatic rings. The van der Waals surface area contributed by atoms with E-state index in [9.17, 15) is 0 Å². The highest BCUT2D eigenvalue weighted by atomic mass is 13.4. The summed E-state index contributed by atoms with van der Waals surface area (Å²) in [6.07, 6.45) is 6.50. The summed E-state index contributed by atoms with van der Waals surface area (Å²) in [5, 5.41) is 0. The number of rotatable bonds is 0. The van der Waals surface area contributed by atoms with Gasteiger partial charge in [0, 0.05) is 0 Å². The summed E-state index contributed by atoms with van der Waals surface area (Å²) in [6.45, 7) is 12.5. The number of allylic oxidation sites excluding steroid dienone is 2. The fourth-order valence-electron chi connectivity index (χ4n) is 0. The molecule has 0 bridgehead atoms. The van der Waals surface area contributed by atoms with Crippen molar-refractivity contribution < 1.29 is 0 Å². The lowest BCUT2D eigenvalue weighted by atomic mass is 10.6. The molecular formula is C10H24. The van der Waals surface area contributed by atoms with Gasteiger partial charge in [0.05, 0.1) is 0 Å². The van der Waals surface area contributed by atoms with Crippen LogP contribution in [0.1, 0.15) is 54.4 Å². The van der Waals surface area contributed by atoms with E-state index in [-0.39, 0.29) is 0 Å². The van der Waals surface area contributed by atoms with Crippen LogP contribution >= 0.6 is 0 Å². The molecule has 0 heteroatoms. The smallest absolute Gasteiger partial charge is 0.0470 e. The van der Waals surface area contributed by atoms with Crippen molar-refractivity contribution in [3.05, 3.63) is 12.2 Å². The molecule has 10 heavy (non-hydrogen) atoms. The van der Waals surface area contributed by atoms with Crippen molar-refractivity contribution in [3.63, 3.8) is 0 Å². The summed E-state index contributed by atoms with van der Waals surface area (Å²) < 4.78 is 0. The predicted molar refractivity (Wildman–Crippen MR) is 52.4 cm³/mol. The van der Waals surface area contributed by atoms with Crippen LogP contribution in [-0.4, -0.2) is 0 Å². The molecule has 0 aliphatic rings. The van der Waals surface area contributed by atoms with E-state index < -0.39 is 0 Å². The first-order valence-electron chi connectivity index (χ1n) is 4.32. The second kappa shape index (κ2) is 37.4. The SMILES string of the molecule is C/C=C\C.CCC.CCC. The van der Waals surface area contributed by atoms with Gasteiger partial charge in [-0.15, -0.1) is 0 Å². The predicted octanol–water partition coefficient (Wildman–Crippen LogP) is 4.42. The maximum Gasteiger partial charge on any atom is -0.0470 e. The largest absolute Gasteiger partial charge is 0.0919 e. The first-order valence-corrected chi connectivity index (χ1v) is 4.32. The third kappa shape index (κ3) is 642. The summed E-state index contributed by atoms with van der Waals surface area (Å²) in [4.78, 5) is 0. The van der Waals surface area contributed by atoms with Crippen molar-refractivity contribution in [1.29, 1.82) is 0 Å². The van der Waals surface area contributed by atoms with Crippen LogP contribution in [0, 0.1) is 0 Å². The van der Waals surface area contributed by atoms with E-state index >= 15 is 0 Å². The van der Waals surface area contributed by atoms with Gasteiger partial charge in [0.25, 0.3) is 0 Å². The zero-order valence-electron chi connectivity index (χ0n) is 8.57. The van der Waals surface area contributed by atoms with E-state index in [2.05, 4.69) is 27.7 Å². The number of hydrogen-bond donors (Lipinski definition) is 0. The van der Waals surface area contributed by atoms with Gasteiger partial charge in [0.1, 0.15) is 0 Å². The monoisotopic (exact) mass is 144 g/mol. The van der Waals surface area contributed by atoms with Gasteiger partial charge in [-0.05, 0) is 13.8 Å². The van der Waals surface area contributed by atoms with Crippen LogP contribution in [0.25, 0.3) is 0 Å². The van der Waals surface area contributed by atoms with Crippen LogP contribution in [0.15, 0.2) is 12.2 Å². The van der Waals surface area contributed by atoms with E-state index in [1.807, 2.05) is 26.0 Å². The van der Waals surface area contributed by atoms with E-state index in [0.29, 0.717) is 0 Å². The first-order chi connectivity index (χ1) is 4.74. The molecule has 0 rings (SSSR count). The van der Waals surface area contributed by atoms with Gasteiger partial charge in [-0.1, -0.05) is 52.7 Å². The molecule has 0 unspecified atom stereocenters. The third-order valence-electron chi connectivity index (χ3n) is 0.333. The molecule has 0 heterocycles. The minimum Gasteiger partial charge on any atom is -0.0919 e. The van der Waals surface area contributed by atoms with Crippen LogP contribution in [-0.2, 0) is 0 Å². The molecular weight excluding hydrogens is 120 g/mol. The van der Waals surface area contributed by atoms with E-state index in [4.69, 9.17) is 0 Å².